The molecule has 0 N–H and O–H groups in total. The summed E-state index contributed by atoms with van der Waals surface area (Å²) in [4.78, 5) is 17.2. The first-order valence-corrected chi connectivity index (χ1v) is 11.6. The number of benzene rings is 2. The summed E-state index contributed by atoms with van der Waals surface area (Å²) in [5, 5.41) is 1.01. The molecule has 29 heavy (non-hydrogen) atoms. The summed E-state index contributed by atoms with van der Waals surface area (Å²) < 4.78 is 32.7. The van der Waals surface area contributed by atoms with Gasteiger partial charge in [-0.2, -0.15) is 0 Å². The molecule has 4 rings (SSSR count). The van der Waals surface area contributed by atoms with E-state index in [1.165, 1.54) is 11.8 Å². The van der Waals surface area contributed by atoms with Gasteiger partial charge in [0.05, 0.1) is 18.6 Å². The van der Waals surface area contributed by atoms with Crippen molar-refractivity contribution in [3.8, 4) is 5.75 Å². The summed E-state index contributed by atoms with van der Waals surface area (Å²) in [5.41, 5.74) is 2.20. The van der Waals surface area contributed by atoms with Gasteiger partial charge in [-0.05, 0) is 48.2 Å². The van der Waals surface area contributed by atoms with Crippen LogP contribution >= 0.6 is 23.4 Å². The van der Waals surface area contributed by atoms with E-state index < -0.39 is 10.0 Å². The van der Waals surface area contributed by atoms with Crippen LogP contribution in [0.15, 0.2) is 45.7 Å². The van der Waals surface area contributed by atoms with Gasteiger partial charge in [-0.25, -0.2) is 8.42 Å². The van der Waals surface area contributed by atoms with Crippen LogP contribution in [0.1, 0.15) is 15.9 Å². The molecule has 2 aromatic carbocycles. The van der Waals surface area contributed by atoms with Gasteiger partial charge in [0.25, 0.3) is 15.9 Å². The number of ether oxygens (including phenoxy) is 1. The zero-order valence-electron chi connectivity index (χ0n) is 15.8. The van der Waals surface area contributed by atoms with Crippen molar-refractivity contribution in [1.82, 2.24) is 4.90 Å². The van der Waals surface area contributed by atoms with E-state index in [1.807, 2.05) is 11.0 Å². The Kier molecular flexibility index (Phi) is 5.22. The lowest BCUT2D eigenvalue weighted by molar-refractivity contribution is 0.0784. The van der Waals surface area contributed by atoms with Crippen molar-refractivity contribution in [1.29, 1.82) is 0 Å². The Morgan fingerprint density at radius 1 is 1.31 bits per heavy atom. The molecule has 10 heteroatoms. The van der Waals surface area contributed by atoms with Crippen LogP contribution in [0.25, 0.3) is 0 Å². The first-order valence-electron chi connectivity index (χ1n) is 8.77. The van der Waals surface area contributed by atoms with Crippen LogP contribution in [0, 0.1) is 0 Å². The molecule has 152 valence electrons. The molecular formula is C19H18ClN3O4S2. The number of methoxy groups -OCH3 is 1. The van der Waals surface area contributed by atoms with E-state index in [-0.39, 0.29) is 11.7 Å². The number of anilines is 1. The molecule has 0 unspecified atom stereocenters. The molecule has 0 saturated heterocycles. The Balaban J connectivity index is 1.56. The van der Waals surface area contributed by atoms with E-state index in [9.17, 15) is 13.2 Å². The minimum Gasteiger partial charge on any atom is -0.496 e. The number of hydrogen-bond acceptors (Lipinski definition) is 6. The standard InChI is InChI=1S/C19H18ClN3O4S2/c1-22(11-13-9-14(20)4-6-16(13)27-2)18(24)12-3-5-15-17(10-12)28-19-21-29(25,26)8-7-23(15)19/h3-6,9-10H,7-8,11H2,1-2H3. The van der Waals surface area contributed by atoms with Gasteiger partial charge in [-0.1, -0.05) is 11.6 Å². The predicted octanol–water partition coefficient (Wildman–Crippen LogP) is 3.23. The predicted molar refractivity (Wildman–Crippen MR) is 115 cm³/mol. The largest absolute Gasteiger partial charge is 0.496 e. The number of hydrogen-bond donors (Lipinski definition) is 0. The Hall–Kier alpha value is -2.23. The van der Waals surface area contributed by atoms with Crippen molar-refractivity contribution in [3.05, 3.63) is 52.5 Å². The average molecular weight is 452 g/mol. The number of amides is 1. The van der Waals surface area contributed by atoms with Crippen LogP contribution in [0.4, 0.5) is 5.69 Å². The Labute approximate surface area is 178 Å². The fourth-order valence-electron chi connectivity index (χ4n) is 3.28. The molecule has 0 fully saturated rings. The van der Waals surface area contributed by atoms with Gasteiger partial charge in [0, 0.05) is 41.2 Å². The van der Waals surface area contributed by atoms with Gasteiger partial charge in [-0.15, -0.1) is 4.40 Å². The van der Waals surface area contributed by atoms with E-state index >= 15 is 0 Å². The lowest BCUT2D eigenvalue weighted by Crippen LogP contribution is -2.35. The highest BCUT2D eigenvalue weighted by molar-refractivity contribution is 8.15. The van der Waals surface area contributed by atoms with Gasteiger partial charge >= 0.3 is 0 Å². The number of fused-ring (bicyclic) bond motifs is 3. The van der Waals surface area contributed by atoms with Crippen molar-refractivity contribution < 1.29 is 17.9 Å². The summed E-state index contributed by atoms with van der Waals surface area (Å²) in [7, 11) is -0.127. The molecule has 2 aliphatic rings. The van der Waals surface area contributed by atoms with Crippen molar-refractivity contribution >= 4 is 50.1 Å². The summed E-state index contributed by atoms with van der Waals surface area (Å²) in [6.45, 7) is 0.701. The highest BCUT2D eigenvalue weighted by Gasteiger charge is 2.33. The van der Waals surface area contributed by atoms with Crippen molar-refractivity contribution in [2.45, 2.75) is 11.4 Å². The van der Waals surface area contributed by atoms with Gasteiger partial charge in [0.15, 0.2) is 5.17 Å². The quantitative estimate of drug-likeness (QED) is 0.710. The topological polar surface area (TPSA) is 79.3 Å². The van der Waals surface area contributed by atoms with Crippen molar-refractivity contribution in [3.63, 3.8) is 0 Å². The van der Waals surface area contributed by atoms with Crippen LogP contribution in [-0.2, 0) is 16.6 Å². The van der Waals surface area contributed by atoms with Crippen LogP contribution < -0.4 is 9.64 Å². The number of rotatable bonds is 4. The minimum atomic E-state index is -3.41. The number of amidine groups is 1. The number of carbonyl (C=O) groups excluding carboxylic acids is 1. The van der Waals surface area contributed by atoms with E-state index in [4.69, 9.17) is 16.3 Å². The third-order valence-electron chi connectivity index (χ3n) is 4.72. The molecule has 2 aromatic rings. The molecule has 0 bridgehead atoms. The first-order chi connectivity index (χ1) is 13.8. The SMILES string of the molecule is COc1ccc(Cl)cc1CN(C)C(=O)c1ccc2c(c1)SC1=NS(=O)(=O)CCN12. The maximum absolute atomic E-state index is 13.0. The smallest absolute Gasteiger partial charge is 0.257 e. The second-order valence-electron chi connectivity index (χ2n) is 6.71. The third kappa shape index (κ3) is 3.94. The Morgan fingerprint density at radius 2 is 2.10 bits per heavy atom. The monoisotopic (exact) mass is 451 g/mol. The summed E-state index contributed by atoms with van der Waals surface area (Å²) in [5.74, 6) is 0.492. The molecule has 7 nitrogen and oxygen atoms in total. The first kappa shape index (κ1) is 20.1. The van der Waals surface area contributed by atoms with E-state index in [0.29, 0.717) is 34.6 Å². The highest BCUT2D eigenvalue weighted by Crippen LogP contribution is 2.42. The normalized spacial score (nSPS) is 16.7. The number of halogens is 1. The molecule has 0 aliphatic carbocycles. The van der Waals surface area contributed by atoms with Gasteiger partial charge in [-0.3, -0.25) is 4.79 Å². The van der Waals surface area contributed by atoms with Gasteiger partial charge < -0.3 is 14.5 Å². The van der Waals surface area contributed by atoms with E-state index in [0.717, 1.165) is 16.1 Å². The number of sulfonamides is 1. The lowest BCUT2D eigenvalue weighted by Gasteiger charge is -2.22. The second-order valence-corrected chi connectivity index (χ2v) is 9.91. The van der Waals surface area contributed by atoms with Crippen molar-refractivity contribution in [2.75, 3.05) is 31.4 Å². The Bertz CT molecular complexity index is 1130. The van der Waals surface area contributed by atoms with E-state index in [1.54, 1.807) is 49.4 Å². The molecule has 0 saturated carbocycles. The molecule has 0 radical (unpaired) electrons. The zero-order chi connectivity index (χ0) is 20.8. The highest BCUT2D eigenvalue weighted by atomic mass is 35.5. The maximum atomic E-state index is 13.0. The molecule has 2 heterocycles. The molecule has 0 atom stereocenters. The molecule has 2 aliphatic heterocycles. The third-order valence-corrected chi connectivity index (χ3v) is 7.26. The van der Waals surface area contributed by atoms with Crippen LogP contribution in [-0.4, -0.2) is 50.8 Å². The molecule has 0 aromatic heterocycles. The Morgan fingerprint density at radius 3 is 2.86 bits per heavy atom. The average Bonchev–Trinajstić information content (AvgIpc) is 3.02. The fourth-order valence-corrected chi connectivity index (χ4v) is 5.77. The number of thioether (sulfide) groups is 1. The zero-order valence-corrected chi connectivity index (χ0v) is 18.1. The van der Waals surface area contributed by atoms with Crippen LogP contribution in [0.3, 0.4) is 0 Å². The molecular weight excluding hydrogens is 434 g/mol. The molecule has 0 spiro atoms. The number of carbonyl (C=O) groups is 1. The van der Waals surface area contributed by atoms with Crippen molar-refractivity contribution in [2.24, 2.45) is 4.40 Å². The summed E-state index contributed by atoms with van der Waals surface area (Å²) in [6, 6.07) is 10.7. The van der Waals surface area contributed by atoms with E-state index in [2.05, 4.69) is 4.40 Å². The number of nitrogens with zero attached hydrogens (tertiary/aromatic N) is 3. The van der Waals surface area contributed by atoms with Crippen LogP contribution in [0.5, 0.6) is 5.75 Å². The fraction of sp³-hybridized carbons (Fsp3) is 0.263. The lowest BCUT2D eigenvalue weighted by atomic mass is 10.1. The summed E-state index contributed by atoms with van der Waals surface area (Å²) >= 11 is 7.34. The van der Waals surface area contributed by atoms with Gasteiger partial charge in [0.1, 0.15) is 5.75 Å². The van der Waals surface area contributed by atoms with Crippen LogP contribution in [0.2, 0.25) is 5.02 Å². The minimum absolute atomic E-state index is 0.0125. The summed E-state index contributed by atoms with van der Waals surface area (Å²) in [6.07, 6.45) is 0. The maximum Gasteiger partial charge on any atom is 0.257 e. The van der Waals surface area contributed by atoms with Gasteiger partial charge in [0.2, 0.25) is 0 Å². The molecule has 1 amide bonds. The second kappa shape index (κ2) is 7.55.